The summed E-state index contributed by atoms with van der Waals surface area (Å²) in [6.45, 7) is 3.85. The highest BCUT2D eigenvalue weighted by Crippen LogP contribution is 2.27. The van der Waals surface area contributed by atoms with E-state index in [2.05, 4.69) is 4.98 Å². The minimum Gasteiger partial charge on any atom is -0.460 e. The van der Waals surface area contributed by atoms with Crippen molar-refractivity contribution < 1.29 is 14.3 Å². The summed E-state index contributed by atoms with van der Waals surface area (Å²) in [6.07, 6.45) is 2.06. The Bertz CT molecular complexity index is 600. The van der Waals surface area contributed by atoms with Crippen LogP contribution in [0, 0.1) is 0 Å². The van der Waals surface area contributed by atoms with Gasteiger partial charge in [0, 0.05) is 23.5 Å². The van der Waals surface area contributed by atoms with E-state index in [0.29, 0.717) is 0 Å². The van der Waals surface area contributed by atoms with Gasteiger partial charge in [0.2, 0.25) is 5.78 Å². The Morgan fingerprint density at radius 2 is 2.05 bits per heavy atom. The van der Waals surface area contributed by atoms with Gasteiger partial charge < -0.3 is 9.72 Å². The van der Waals surface area contributed by atoms with Crippen LogP contribution in [0.4, 0.5) is 0 Å². The van der Waals surface area contributed by atoms with Crippen LogP contribution in [0.15, 0.2) is 30.5 Å². The number of esters is 1. The van der Waals surface area contributed by atoms with Crippen LogP contribution in [0.5, 0.6) is 0 Å². The zero-order valence-corrected chi connectivity index (χ0v) is 11.1. The lowest BCUT2D eigenvalue weighted by Crippen LogP contribution is -2.19. The zero-order valence-electron chi connectivity index (χ0n) is 11.1. The summed E-state index contributed by atoms with van der Waals surface area (Å²) in [6, 6.07) is 7.90. The molecule has 1 aromatic heterocycles. The molecule has 0 aliphatic heterocycles. The molecule has 2 rings (SSSR count). The second-order valence-electron chi connectivity index (χ2n) is 4.54. The Labute approximate surface area is 111 Å². The number of carbonyl (C=O) groups is 2. The lowest BCUT2D eigenvalue weighted by molar-refractivity contribution is -0.153. The number of aromatic amines is 1. The van der Waals surface area contributed by atoms with Gasteiger partial charge in [-0.25, -0.2) is 4.79 Å². The minimum absolute atomic E-state index is 0.0203. The highest BCUT2D eigenvalue weighted by Gasteiger charge is 2.20. The lowest BCUT2D eigenvalue weighted by Gasteiger charge is -2.09. The van der Waals surface area contributed by atoms with Gasteiger partial charge in [0.1, 0.15) is 0 Å². The molecule has 1 unspecified atom stereocenters. The van der Waals surface area contributed by atoms with Gasteiger partial charge in [0.25, 0.3) is 0 Å². The molecule has 0 aliphatic rings. The molecule has 0 amide bonds. The number of para-hydroxylation sites is 1. The SMILES string of the molecule is CCOC(=O)C(=O)CC(C)c1c[nH]c2ccccc12. The van der Waals surface area contributed by atoms with Crippen molar-refractivity contribution in [3.63, 3.8) is 0 Å². The Morgan fingerprint density at radius 1 is 1.32 bits per heavy atom. The first-order chi connectivity index (χ1) is 9.13. The van der Waals surface area contributed by atoms with E-state index in [-0.39, 0.29) is 18.9 Å². The standard InChI is InChI=1S/C15H17NO3/c1-3-19-15(18)14(17)8-10(2)12-9-16-13-7-5-4-6-11(12)13/h4-7,9-10,16H,3,8H2,1-2H3. The van der Waals surface area contributed by atoms with Crippen LogP contribution in [0.2, 0.25) is 0 Å². The van der Waals surface area contributed by atoms with E-state index in [4.69, 9.17) is 4.74 Å². The zero-order chi connectivity index (χ0) is 13.8. The average molecular weight is 259 g/mol. The Morgan fingerprint density at radius 3 is 2.79 bits per heavy atom. The predicted molar refractivity (Wildman–Crippen MR) is 73.0 cm³/mol. The maximum Gasteiger partial charge on any atom is 0.374 e. The van der Waals surface area contributed by atoms with E-state index in [9.17, 15) is 9.59 Å². The van der Waals surface area contributed by atoms with Gasteiger partial charge in [-0.05, 0) is 24.5 Å². The fourth-order valence-electron chi connectivity index (χ4n) is 2.18. The van der Waals surface area contributed by atoms with Crippen molar-refractivity contribution in [3.05, 3.63) is 36.0 Å². The van der Waals surface area contributed by atoms with Crippen molar-refractivity contribution in [2.75, 3.05) is 6.61 Å². The van der Waals surface area contributed by atoms with Crippen molar-refractivity contribution in [2.45, 2.75) is 26.2 Å². The van der Waals surface area contributed by atoms with Gasteiger partial charge in [0.15, 0.2) is 0 Å². The van der Waals surface area contributed by atoms with E-state index in [1.807, 2.05) is 37.4 Å². The summed E-state index contributed by atoms with van der Waals surface area (Å²) in [5.41, 5.74) is 2.08. The van der Waals surface area contributed by atoms with Gasteiger partial charge in [-0.15, -0.1) is 0 Å². The largest absolute Gasteiger partial charge is 0.460 e. The van der Waals surface area contributed by atoms with E-state index >= 15 is 0 Å². The van der Waals surface area contributed by atoms with Gasteiger partial charge in [-0.2, -0.15) is 0 Å². The highest BCUT2D eigenvalue weighted by atomic mass is 16.5. The van der Waals surface area contributed by atoms with Gasteiger partial charge in [-0.3, -0.25) is 4.79 Å². The van der Waals surface area contributed by atoms with E-state index in [1.54, 1.807) is 6.92 Å². The summed E-state index contributed by atoms with van der Waals surface area (Å²) >= 11 is 0. The van der Waals surface area contributed by atoms with Gasteiger partial charge >= 0.3 is 5.97 Å². The third-order valence-corrected chi connectivity index (χ3v) is 3.15. The fraction of sp³-hybridized carbons (Fsp3) is 0.333. The first kappa shape index (κ1) is 13.3. The molecule has 100 valence electrons. The van der Waals surface area contributed by atoms with Crippen molar-refractivity contribution in [1.82, 2.24) is 4.98 Å². The number of benzene rings is 1. The normalized spacial score (nSPS) is 12.3. The summed E-state index contributed by atoms with van der Waals surface area (Å²) in [4.78, 5) is 26.2. The molecule has 0 fully saturated rings. The molecule has 1 atom stereocenters. The van der Waals surface area contributed by atoms with Crippen LogP contribution in [-0.2, 0) is 14.3 Å². The van der Waals surface area contributed by atoms with Crippen LogP contribution in [0.25, 0.3) is 10.9 Å². The minimum atomic E-state index is -0.741. The number of H-pyrrole nitrogens is 1. The molecule has 0 bridgehead atoms. The number of rotatable bonds is 5. The van der Waals surface area contributed by atoms with Gasteiger partial charge in [0.05, 0.1) is 6.61 Å². The number of hydrogen-bond acceptors (Lipinski definition) is 3. The summed E-state index contributed by atoms with van der Waals surface area (Å²) in [5.74, 6) is -1.23. The lowest BCUT2D eigenvalue weighted by atomic mass is 9.95. The smallest absolute Gasteiger partial charge is 0.374 e. The average Bonchev–Trinajstić information content (AvgIpc) is 2.82. The quantitative estimate of drug-likeness (QED) is 0.663. The topological polar surface area (TPSA) is 59.2 Å². The van der Waals surface area contributed by atoms with Gasteiger partial charge in [-0.1, -0.05) is 25.1 Å². The van der Waals surface area contributed by atoms with Crippen LogP contribution in [0.1, 0.15) is 31.7 Å². The maximum atomic E-state index is 11.7. The molecule has 1 aromatic carbocycles. The first-order valence-corrected chi connectivity index (χ1v) is 6.39. The molecule has 1 N–H and O–H groups in total. The number of ketones is 1. The third kappa shape index (κ3) is 2.84. The number of carbonyl (C=O) groups excluding carboxylic acids is 2. The van der Waals surface area contributed by atoms with E-state index < -0.39 is 11.8 Å². The van der Waals surface area contributed by atoms with E-state index in [0.717, 1.165) is 16.5 Å². The molecule has 0 aliphatic carbocycles. The predicted octanol–water partition coefficient (Wildman–Crippen LogP) is 2.79. The summed E-state index contributed by atoms with van der Waals surface area (Å²) in [5, 5.41) is 1.09. The molecular weight excluding hydrogens is 242 g/mol. The Balaban J connectivity index is 2.14. The number of hydrogen-bond donors (Lipinski definition) is 1. The van der Waals surface area contributed by atoms with Crippen molar-refractivity contribution in [1.29, 1.82) is 0 Å². The fourth-order valence-corrected chi connectivity index (χ4v) is 2.18. The molecule has 0 spiro atoms. The highest BCUT2D eigenvalue weighted by molar-refractivity contribution is 6.33. The van der Waals surface area contributed by atoms with Crippen LogP contribution < -0.4 is 0 Å². The third-order valence-electron chi connectivity index (χ3n) is 3.15. The first-order valence-electron chi connectivity index (χ1n) is 6.39. The second kappa shape index (κ2) is 5.69. The van der Waals surface area contributed by atoms with Crippen molar-refractivity contribution in [2.24, 2.45) is 0 Å². The molecule has 0 saturated carbocycles. The van der Waals surface area contributed by atoms with Crippen LogP contribution >= 0.6 is 0 Å². The number of nitrogens with one attached hydrogen (secondary N) is 1. The monoisotopic (exact) mass is 259 g/mol. The van der Waals surface area contributed by atoms with Crippen molar-refractivity contribution >= 4 is 22.7 Å². The number of aromatic nitrogens is 1. The number of Topliss-reactive ketones (excluding diaryl/α,β-unsaturated/α-hetero) is 1. The Kier molecular flexibility index (Phi) is 4.00. The van der Waals surface area contributed by atoms with E-state index in [1.165, 1.54) is 0 Å². The number of ether oxygens (including phenoxy) is 1. The molecule has 0 saturated heterocycles. The van der Waals surface area contributed by atoms with Crippen molar-refractivity contribution in [3.8, 4) is 0 Å². The Hall–Kier alpha value is -2.10. The molecule has 19 heavy (non-hydrogen) atoms. The molecule has 0 radical (unpaired) electrons. The van der Waals surface area contributed by atoms with Crippen LogP contribution in [0.3, 0.4) is 0 Å². The molecule has 1 heterocycles. The maximum absolute atomic E-state index is 11.7. The summed E-state index contributed by atoms with van der Waals surface area (Å²) in [7, 11) is 0. The molecule has 4 heteroatoms. The molecule has 2 aromatic rings. The van der Waals surface area contributed by atoms with Crippen LogP contribution in [-0.4, -0.2) is 23.3 Å². The summed E-state index contributed by atoms with van der Waals surface area (Å²) < 4.78 is 4.71. The molecular formula is C15H17NO3. The number of fused-ring (bicyclic) bond motifs is 1. The second-order valence-corrected chi connectivity index (χ2v) is 4.54. The molecule has 4 nitrogen and oxygen atoms in total.